The maximum Gasteiger partial charge on any atom is 0.0953 e. The first-order valence-electron chi connectivity index (χ1n) is 7.34. The molecule has 100 valence electrons. The van der Waals surface area contributed by atoms with Gasteiger partial charge in [0.15, 0.2) is 0 Å². The molecule has 1 N–H and O–H groups in total. The molecule has 1 saturated heterocycles. The second kappa shape index (κ2) is 5.41. The molecule has 1 atom stereocenters. The Morgan fingerprint density at radius 1 is 1.33 bits per heavy atom. The average molecular weight is 248 g/mol. The second-order valence-corrected chi connectivity index (χ2v) is 5.66. The molecule has 1 unspecified atom stereocenters. The third-order valence-corrected chi connectivity index (χ3v) is 4.07. The summed E-state index contributed by atoms with van der Waals surface area (Å²) in [6, 6.07) is 1.56. The molecule has 0 radical (unpaired) electrons. The van der Waals surface area contributed by atoms with E-state index in [9.17, 15) is 0 Å². The summed E-state index contributed by atoms with van der Waals surface area (Å²) in [5.41, 5.74) is 1.17. The van der Waals surface area contributed by atoms with E-state index in [2.05, 4.69) is 32.9 Å². The fourth-order valence-electron chi connectivity index (χ4n) is 2.85. The lowest BCUT2D eigenvalue weighted by Crippen LogP contribution is -2.23. The molecule has 0 amide bonds. The maximum atomic E-state index is 4.50. The van der Waals surface area contributed by atoms with Gasteiger partial charge in [-0.05, 0) is 32.2 Å². The lowest BCUT2D eigenvalue weighted by atomic mass is 10.2. The van der Waals surface area contributed by atoms with Gasteiger partial charge in [-0.25, -0.2) is 4.98 Å². The molecule has 1 aliphatic heterocycles. The van der Waals surface area contributed by atoms with Gasteiger partial charge in [0.25, 0.3) is 0 Å². The van der Waals surface area contributed by atoms with Crippen molar-refractivity contribution in [1.82, 2.24) is 19.8 Å². The molecular weight excluding hydrogens is 224 g/mol. The summed E-state index contributed by atoms with van der Waals surface area (Å²) in [5.74, 6) is 0. The SMILES string of the molecule is CCCNCc1cn(C2CCN(C3CC3)C2)cn1. The highest BCUT2D eigenvalue weighted by molar-refractivity contribution is 5.00. The number of rotatable bonds is 6. The number of hydrogen-bond donors (Lipinski definition) is 1. The van der Waals surface area contributed by atoms with Crippen LogP contribution in [0, 0.1) is 0 Å². The minimum atomic E-state index is 0.651. The molecule has 2 aliphatic rings. The van der Waals surface area contributed by atoms with Gasteiger partial charge in [-0.3, -0.25) is 4.90 Å². The smallest absolute Gasteiger partial charge is 0.0953 e. The van der Waals surface area contributed by atoms with E-state index in [1.165, 1.54) is 44.5 Å². The first-order valence-corrected chi connectivity index (χ1v) is 7.34. The quantitative estimate of drug-likeness (QED) is 0.779. The van der Waals surface area contributed by atoms with Crippen molar-refractivity contribution < 1.29 is 0 Å². The molecule has 18 heavy (non-hydrogen) atoms. The van der Waals surface area contributed by atoms with Crippen molar-refractivity contribution in [2.24, 2.45) is 0 Å². The topological polar surface area (TPSA) is 33.1 Å². The predicted octanol–water partition coefficient (Wildman–Crippen LogP) is 1.79. The van der Waals surface area contributed by atoms with E-state index in [-0.39, 0.29) is 0 Å². The van der Waals surface area contributed by atoms with Gasteiger partial charge < -0.3 is 9.88 Å². The van der Waals surface area contributed by atoms with E-state index in [1.54, 1.807) is 0 Å². The average Bonchev–Trinajstić information content (AvgIpc) is 2.93. The molecule has 3 rings (SSSR count). The Hall–Kier alpha value is -0.870. The van der Waals surface area contributed by atoms with Crippen molar-refractivity contribution in [3.05, 3.63) is 18.2 Å². The summed E-state index contributed by atoms with van der Waals surface area (Å²) in [4.78, 5) is 7.15. The first-order chi connectivity index (χ1) is 8.86. The van der Waals surface area contributed by atoms with Crippen molar-refractivity contribution in [3.8, 4) is 0 Å². The standard InChI is InChI=1S/C14H24N4/c1-2-6-15-8-12-9-18(11-16-12)14-5-7-17(10-14)13-3-4-13/h9,11,13-15H,2-8,10H2,1H3. The molecule has 0 spiro atoms. The molecule has 4 nitrogen and oxygen atoms in total. The summed E-state index contributed by atoms with van der Waals surface area (Å²) in [6.45, 7) is 6.67. The van der Waals surface area contributed by atoms with Gasteiger partial charge in [0.05, 0.1) is 12.0 Å². The molecule has 1 aromatic rings. The van der Waals surface area contributed by atoms with Crippen LogP contribution in [0.25, 0.3) is 0 Å². The summed E-state index contributed by atoms with van der Waals surface area (Å²) in [6.07, 6.45) is 9.55. The lowest BCUT2D eigenvalue weighted by molar-refractivity contribution is 0.313. The Morgan fingerprint density at radius 2 is 2.22 bits per heavy atom. The third kappa shape index (κ3) is 2.75. The van der Waals surface area contributed by atoms with Gasteiger partial charge in [0, 0.05) is 37.9 Å². The normalized spacial score (nSPS) is 24.8. The predicted molar refractivity (Wildman–Crippen MR) is 72.5 cm³/mol. The van der Waals surface area contributed by atoms with Crippen LogP contribution in [0.1, 0.15) is 44.3 Å². The monoisotopic (exact) mass is 248 g/mol. The molecule has 1 saturated carbocycles. The van der Waals surface area contributed by atoms with Gasteiger partial charge in [-0.2, -0.15) is 0 Å². The van der Waals surface area contributed by atoms with Gasteiger partial charge in [-0.15, -0.1) is 0 Å². The molecular formula is C14H24N4. The van der Waals surface area contributed by atoms with Crippen LogP contribution in [0.4, 0.5) is 0 Å². The summed E-state index contributed by atoms with van der Waals surface area (Å²) in [7, 11) is 0. The Balaban J connectivity index is 1.53. The minimum Gasteiger partial charge on any atom is -0.333 e. The highest BCUT2D eigenvalue weighted by Gasteiger charge is 2.34. The van der Waals surface area contributed by atoms with Crippen LogP contribution in [0.15, 0.2) is 12.5 Å². The van der Waals surface area contributed by atoms with Crippen molar-refractivity contribution in [3.63, 3.8) is 0 Å². The summed E-state index contributed by atoms with van der Waals surface area (Å²) < 4.78 is 2.32. The Kier molecular flexibility index (Phi) is 3.66. The van der Waals surface area contributed by atoms with Crippen molar-refractivity contribution in [2.75, 3.05) is 19.6 Å². The zero-order chi connectivity index (χ0) is 12.4. The largest absolute Gasteiger partial charge is 0.333 e. The van der Waals surface area contributed by atoms with E-state index in [0.29, 0.717) is 6.04 Å². The van der Waals surface area contributed by atoms with E-state index < -0.39 is 0 Å². The van der Waals surface area contributed by atoms with Gasteiger partial charge >= 0.3 is 0 Å². The number of aromatic nitrogens is 2. The van der Waals surface area contributed by atoms with Crippen LogP contribution in [0.3, 0.4) is 0 Å². The maximum absolute atomic E-state index is 4.50. The fourth-order valence-corrected chi connectivity index (χ4v) is 2.85. The number of likely N-dealkylation sites (tertiary alicyclic amines) is 1. The zero-order valence-electron chi connectivity index (χ0n) is 11.3. The molecule has 2 heterocycles. The van der Waals surface area contributed by atoms with Gasteiger partial charge in [-0.1, -0.05) is 6.92 Å². The molecule has 4 heteroatoms. The zero-order valence-corrected chi connectivity index (χ0v) is 11.3. The van der Waals surface area contributed by atoms with E-state index in [0.717, 1.165) is 19.1 Å². The Labute approximate surface area is 109 Å². The van der Waals surface area contributed by atoms with Gasteiger partial charge in [0.1, 0.15) is 0 Å². The van der Waals surface area contributed by atoms with E-state index in [1.807, 2.05) is 6.33 Å². The summed E-state index contributed by atoms with van der Waals surface area (Å²) >= 11 is 0. The number of imidazole rings is 1. The molecule has 2 fully saturated rings. The van der Waals surface area contributed by atoms with Crippen LogP contribution < -0.4 is 5.32 Å². The van der Waals surface area contributed by atoms with Crippen LogP contribution in [-0.2, 0) is 6.54 Å². The highest BCUT2D eigenvalue weighted by Crippen LogP contribution is 2.33. The number of nitrogens with one attached hydrogen (secondary N) is 1. The number of hydrogen-bond acceptors (Lipinski definition) is 3. The van der Waals surface area contributed by atoms with Crippen molar-refractivity contribution in [2.45, 2.75) is 51.2 Å². The Bertz CT molecular complexity index is 383. The highest BCUT2D eigenvalue weighted by atomic mass is 15.2. The first kappa shape index (κ1) is 12.2. The van der Waals surface area contributed by atoms with Crippen LogP contribution in [-0.4, -0.2) is 40.1 Å². The molecule has 1 aromatic heterocycles. The van der Waals surface area contributed by atoms with E-state index in [4.69, 9.17) is 0 Å². The lowest BCUT2D eigenvalue weighted by Gasteiger charge is -2.15. The Morgan fingerprint density at radius 3 is 3.00 bits per heavy atom. The second-order valence-electron chi connectivity index (χ2n) is 5.66. The molecule has 0 bridgehead atoms. The number of nitrogens with zero attached hydrogens (tertiary/aromatic N) is 3. The van der Waals surface area contributed by atoms with Crippen LogP contribution in [0.5, 0.6) is 0 Å². The van der Waals surface area contributed by atoms with Crippen LogP contribution in [0.2, 0.25) is 0 Å². The van der Waals surface area contributed by atoms with Gasteiger partial charge in [0.2, 0.25) is 0 Å². The van der Waals surface area contributed by atoms with Crippen molar-refractivity contribution in [1.29, 1.82) is 0 Å². The van der Waals surface area contributed by atoms with E-state index >= 15 is 0 Å². The van der Waals surface area contributed by atoms with Crippen LogP contribution >= 0.6 is 0 Å². The molecule has 1 aliphatic carbocycles. The minimum absolute atomic E-state index is 0.651. The third-order valence-electron chi connectivity index (χ3n) is 4.07. The van der Waals surface area contributed by atoms with Crippen molar-refractivity contribution >= 4 is 0 Å². The fraction of sp³-hybridized carbons (Fsp3) is 0.786. The molecule has 0 aromatic carbocycles. The summed E-state index contributed by atoms with van der Waals surface area (Å²) in [5, 5.41) is 3.41.